The molecule has 0 saturated heterocycles. The number of phenolic OH excluding ortho intramolecular Hbond substituents is 1. The van der Waals surface area contributed by atoms with Gasteiger partial charge in [-0.05, 0) is 30.9 Å². The molecule has 0 unspecified atom stereocenters. The average Bonchev–Trinajstić information content (AvgIpc) is 2.52. The summed E-state index contributed by atoms with van der Waals surface area (Å²) in [6.07, 6.45) is 5.07. The second-order valence-corrected chi connectivity index (χ2v) is 5.44. The highest BCUT2D eigenvalue weighted by molar-refractivity contribution is 5.95. The van der Waals surface area contributed by atoms with Crippen LogP contribution in [0, 0.1) is 27.4 Å². The van der Waals surface area contributed by atoms with E-state index in [0.29, 0.717) is 0 Å². The van der Waals surface area contributed by atoms with Gasteiger partial charge in [0, 0.05) is 11.6 Å². The number of nitrogens with one attached hydrogen (secondary N) is 1. The fraction of sp³-hybridized carbons (Fsp3) is 0.467. The summed E-state index contributed by atoms with van der Waals surface area (Å²) < 4.78 is 0. The molecule has 0 aromatic heterocycles. The van der Waals surface area contributed by atoms with E-state index in [-0.39, 0.29) is 11.5 Å². The summed E-state index contributed by atoms with van der Waals surface area (Å²) in [6.45, 7) is 0. The van der Waals surface area contributed by atoms with Crippen LogP contribution in [0.5, 0.6) is 5.75 Å². The Labute approximate surface area is 127 Å². The van der Waals surface area contributed by atoms with Crippen LogP contribution in [0.1, 0.15) is 42.5 Å². The molecule has 1 aromatic carbocycles. The summed E-state index contributed by atoms with van der Waals surface area (Å²) in [5, 5.41) is 32.1. The van der Waals surface area contributed by atoms with Crippen molar-refractivity contribution in [1.82, 2.24) is 5.32 Å². The molecule has 7 nitrogen and oxygen atoms in total. The van der Waals surface area contributed by atoms with E-state index in [9.17, 15) is 25.3 Å². The first-order chi connectivity index (χ1) is 10.5. The Morgan fingerprint density at radius 1 is 1.41 bits per heavy atom. The number of carbonyl (C=O) groups is 1. The van der Waals surface area contributed by atoms with E-state index in [1.54, 1.807) is 0 Å². The largest absolute Gasteiger partial charge is 0.502 e. The summed E-state index contributed by atoms with van der Waals surface area (Å²) in [6, 6.07) is 4.92. The fourth-order valence-electron chi connectivity index (χ4n) is 2.77. The number of nitrogens with zero attached hydrogens (tertiary/aromatic N) is 2. The Balaban J connectivity index is 2.09. The third kappa shape index (κ3) is 3.52. The summed E-state index contributed by atoms with van der Waals surface area (Å²) in [5.41, 5.74) is -0.361. The van der Waals surface area contributed by atoms with Crippen LogP contribution in [0.2, 0.25) is 0 Å². The number of nitriles is 1. The fourth-order valence-corrected chi connectivity index (χ4v) is 2.77. The van der Waals surface area contributed by atoms with Gasteiger partial charge < -0.3 is 10.4 Å². The molecule has 1 amide bonds. The van der Waals surface area contributed by atoms with Gasteiger partial charge >= 0.3 is 5.69 Å². The zero-order valence-corrected chi connectivity index (χ0v) is 12.0. The Hall–Kier alpha value is -2.62. The lowest BCUT2D eigenvalue weighted by molar-refractivity contribution is -0.385. The van der Waals surface area contributed by atoms with Gasteiger partial charge in [0.25, 0.3) is 5.91 Å². The Kier molecular flexibility index (Phi) is 4.94. The van der Waals surface area contributed by atoms with E-state index in [1.807, 2.05) is 0 Å². The van der Waals surface area contributed by atoms with Gasteiger partial charge in [-0.25, -0.2) is 0 Å². The molecule has 0 bridgehead atoms. The average molecular weight is 303 g/mol. The first-order valence-corrected chi connectivity index (χ1v) is 7.21. The number of nitro benzene ring substituents is 1. The normalized spacial score (nSPS) is 16.5. The Bertz CT molecular complexity index is 618. The van der Waals surface area contributed by atoms with Crippen LogP contribution in [0.25, 0.3) is 0 Å². The monoisotopic (exact) mass is 303 g/mol. The van der Waals surface area contributed by atoms with Gasteiger partial charge in [-0.2, -0.15) is 5.26 Å². The van der Waals surface area contributed by atoms with Crippen molar-refractivity contribution < 1.29 is 14.8 Å². The minimum Gasteiger partial charge on any atom is -0.502 e. The lowest BCUT2D eigenvalue weighted by atomic mass is 9.84. The standard InChI is InChI=1S/C15H17N3O4/c16-9-12(10-4-2-1-3-5-10)17-15(20)11-6-7-13(18(21)22)14(19)8-11/h6-8,10,12,19H,1-5H2,(H,17,20)/t12-/m0/s1. The van der Waals surface area contributed by atoms with Gasteiger partial charge in [0.15, 0.2) is 5.75 Å². The molecule has 2 N–H and O–H groups in total. The zero-order valence-electron chi connectivity index (χ0n) is 12.0. The van der Waals surface area contributed by atoms with Crippen molar-refractivity contribution in [2.75, 3.05) is 0 Å². The van der Waals surface area contributed by atoms with Crippen LogP contribution < -0.4 is 5.32 Å². The number of benzene rings is 1. The van der Waals surface area contributed by atoms with Gasteiger partial charge in [-0.15, -0.1) is 0 Å². The van der Waals surface area contributed by atoms with Gasteiger partial charge in [0.2, 0.25) is 0 Å². The van der Waals surface area contributed by atoms with Crippen molar-refractivity contribution in [2.45, 2.75) is 38.1 Å². The number of nitro groups is 1. The molecule has 1 fully saturated rings. The van der Waals surface area contributed by atoms with Gasteiger partial charge in [-0.1, -0.05) is 19.3 Å². The minimum absolute atomic E-state index is 0.0964. The summed E-state index contributed by atoms with van der Waals surface area (Å²) in [7, 11) is 0. The Morgan fingerprint density at radius 3 is 2.64 bits per heavy atom. The second-order valence-electron chi connectivity index (χ2n) is 5.44. The highest BCUT2D eigenvalue weighted by Gasteiger charge is 2.26. The number of rotatable bonds is 4. The molecule has 0 aliphatic heterocycles. The second kappa shape index (κ2) is 6.89. The quantitative estimate of drug-likeness (QED) is 0.654. The third-order valence-electron chi connectivity index (χ3n) is 3.98. The number of hydrogen-bond donors (Lipinski definition) is 2. The maximum Gasteiger partial charge on any atom is 0.310 e. The summed E-state index contributed by atoms with van der Waals surface area (Å²) in [5.74, 6) is -0.944. The van der Waals surface area contributed by atoms with E-state index in [1.165, 1.54) is 6.07 Å². The first-order valence-electron chi connectivity index (χ1n) is 7.21. The molecular formula is C15H17N3O4. The van der Waals surface area contributed by atoms with Crippen LogP contribution in [0.3, 0.4) is 0 Å². The number of carbonyl (C=O) groups excluding carboxylic acids is 1. The van der Waals surface area contributed by atoms with Crippen molar-refractivity contribution >= 4 is 11.6 Å². The van der Waals surface area contributed by atoms with E-state index in [4.69, 9.17) is 0 Å². The molecule has 116 valence electrons. The number of aromatic hydroxyl groups is 1. The number of hydrogen-bond acceptors (Lipinski definition) is 5. The molecule has 1 aliphatic rings. The summed E-state index contributed by atoms with van der Waals surface area (Å²) >= 11 is 0. The maximum atomic E-state index is 12.1. The van der Waals surface area contributed by atoms with E-state index < -0.39 is 28.3 Å². The van der Waals surface area contributed by atoms with Crippen LogP contribution in [0.15, 0.2) is 18.2 Å². The molecular weight excluding hydrogens is 286 g/mol. The van der Waals surface area contributed by atoms with Crippen LogP contribution in [0.4, 0.5) is 5.69 Å². The highest BCUT2D eigenvalue weighted by atomic mass is 16.6. The van der Waals surface area contributed by atoms with Crippen molar-refractivity contribution in [2.24, 2.45) is 5.92 Å². The van der Waals surface area contributed by atoms with E-state index in [2.05, 4.69) is 11.4 Å². The van der Waals surface area contributed by atoms with E-state index >= 15 is 0 Å². The zero-order chi connectivity index (χ0) is 16.1. The van der Waals surface area contributed by atoms with Crippen molar-refractivity contribution in [3.63, 3.8) is 0 Å². The van der Waals surface area contributed by atoms with Crippen molar-refractivity contribution in [3.8, 4) is 11.8 Å². The summed E-state index contributed by atoms with van der Waals surface area (Å²) in [4.78, 5) is 22.1. The smallest absolute Gasteiger partial charge is 0.310 e. The van der Waals surface area contributed by atoms with Gasteiger partial charge in [0.1, 0.15) is 6.04 Å². The van der Waals surface area contributed by atoms with Crippen LogP contribution in [-0.2, 0) is 0 Å². The molecule has 0 spiro atoms. The molecule has 2 rings (SSSR count). The molecule has 0 heterocycles. The number of amides is 1. The third-order valence-corrected chi connectivity index (χ3v) is 3.98. The molecule has 1 aromatic rings. The highest BCUT2D eigenvalue weighted by Crippen LogP contribution is 2.28. The lowest BCUT2D eigenvalue weighted by Crippen LogP contribution is -2.40. The molecule has 1 aliphatic carbocycles. The number of phenols is 1. The van der Waals surface area contributed by atoms with Crippen LogP contribution >= 0.6 is 0 Å². The van der Waals surface area contributed by atoms with Gasteiger partial charge in [-0.3, -0.25) is 14.9 Å². The molecule has 22 heavy (non-hydrogen) atoms. The Morgan fingerprint density at radius 2 is 2.09 bits per heavy atom. The van der Waals surface area contributed by atoms with Gasteiger partial charge in [0.05, 0.1) is 11.0 Å². The molecule has 7 heteroatoms. The predicted molar refractivity (Wildman–Crippen MR) is 78.2 cm³/mol. The van der Waals surface area contributed by atoms with Crippen molar-refractivity contribution in [1.29, 1.82) is 5.26 Å². The van der Waals surface area contributed by atoms with E-state index in [0.717, 1.165) is 44.2 Å². The van der Waals surface area contributed by atoms with Crippen LogP contribution in [-0.4, -0.2) is 22.0 Å². The molecule has 1 atom stereocenters. The SMILES string of the molecule is N#C[C@H](NC(=O)c1ccc([N+](=O)[O-])c(O)c1)C1CCCCC1. The maximum absolute atomic E-state index is 12.1. The minimum atomic E-state index is -0.725. The lowest BCUT2D eigenvalue weighted by Gasteiger charge is -2.26. The van der Waals surface area contributed by atoms with Crippen molar-refractivity contribution in [3.05, 3.63) is 33.9 Å². The molecule has 1 saturated carbocycles. The topological polar surface area (TPSA) is 116 Å². The molecule has 0 radical (unpaired) electrons. The first kappa shape index (κ1) is 15.8. The predicted octanol–water partition coefficient (Wildman–Crippen LogP) is 2.50.